The van der Waals surface area contributed by atoms with E-state index in [4.69, 9.17) is 4.74 Å². The van der Waals surface area contributed by atoms with Crippen LogP contribution < -0.4 is 15.4 Å². The van der Waals surface area contributed by atoms with Crippen molar-refractivity contribution in [1.82, 2.24) is 10.6 Å². The van der Waals surface area contributed by atoms with Gasteiger partial charge in [0, 0.05) is 19.0 Å². The van der Waals surface area contributed by atoms with Gasteiger partial charge in [-0.25, -0.2) is 0 Å². The lowest BCUT2D eigenvalue weighted by Gasteiger charge is -2.30. The van der Waals surface area contributed by atoms with Crippen LogP contribution in [0.1, 0.15) is 25.3 Å². The molecule has 0 aromatic heterocycles. The van der Waals surface area contributed by atoms with Crippen molar-refractivity contribution >= 4 is 21.8 Å². The fourth-order valence-electron chi connectivity index (χ4n) is 2.59. The van der Waals surface area contributed by atoms with Gasteiger partial charge in [0.15, 0.2) is 0 Å². The van der Waals surface area contributed by atoms with Gasteiger partial charge in [0.1, 0.15) is 5.75 Å². The molecular formula is C16H23BrN2O2. The predicted octanol–water partition coefficient (Wildman–Crippen LogP) is 2.50. The molecule has 1 aromatic rings. The first kappa shape index (κ1) is 16.3. The maximum absolute atomic E-state index is 12.1. The molecule has 2 unspecified atom stereocenters. The number of hydrogen-bond acceptors (Lipinski definition) is 3. The van der Waals surface area contributed by atoms with E-state index >= 15 is 0 Å². The number of halogens is 1. The van der Waals surface area contributed by atoms with E-state index in [0.29, 0.717) is 12.3 Å². The van der Waals surface area contributed by atoms with Gasteiger partial charge in [0.25, 0.3) is 0 Å². The number of ether oxygens (including phenoxy) is 1. The summed E-state index contributed by atoms with van der Waals surface area (Å²) < 4.78 is 6.13. The predicted molar refractivity (Wildman–Crippen MR) is 87.6 cm³/mol. The van der Waals surface area contributed by atoms with E-state index in [1.165, 1.54) is 0 Å². The molecule has 21 heavy (non-hydrogen) atoms. The molecule has 0 spiro atoms. The van der Waals surface area contributed by atoms with Gasteiger partial charge < -0.3 is 15.4 Å². The lowest BCUT2D eigenvalue weighted by atomic mass is 9.94. The summed E-state index contributed by atoms with van der Waals surface area (Å²) in [6.07, 6.45) is 2.38. The molecule has 0 aliphatic carbocycles. The molecule has 1 aliphatic heterocycles. The van der Waals surface area contributed by atoms with Gasteiger partial charge in [-0.3, -0.25) is 4.79 Å². The van der Waals surface area contributed by atoms with Gasteiger partial charge in [0.2, 0.25) is 5.91 Å². The molecule has 2 N–H and O–H groups in total. The van der Waals surface area contributed by atoms with E-state index in [0.717, 1.165) is 41.7 Å². The van der Waals surface area contributed by atoms with Crippen molar-refractivity contribution in [3.63, 3.8) is 0 Å². The second-order valence-electron chi connectivity index (χ2n) is 5.61. The van der Waals surface area contributed by atoms with Crippen LogP contribution in [0.3, 0.4) is 0 Å². The SMILES string of the molecule is COc1ccc(CCC(=O)NC2CNCCC2C)cc1Br. The van der Waals surface area contributed by atoms with Crippen LogP contribution in [0.4, 0.5) is 0 Å². The van der Waals surface area contributed by atoms with Crippen LogP contribution in [0.15, 0.2) is 22.7 Å². The average molecular weight is 355 g/mol. The van der Waals surface area contributed by atoms with E-state index in [9.17, 15) is 4.79 Å². The molecule has 1 aliphatic rings. The standard InChI is InChI=1S/C16H23BrN2O2/c1-11-7-8-18-10-14(11)19-16(20)6-4-12-3-5-15(21-2)13(17)9-12/h3,5,9,11,14,18H,4,6-8,10H2,1-2H3,(H,19,20). The van der Waals surface area contributed by atoms with Crippen LogP contribution in [0.5, 0.6) is 5.75 Å². The number of hydrogen-bond donors (Lipinski definition) is 2. The average Bonchev–Trinajstić information content (AvgIpc) is 2.48. The quantitative estimate of drug-likeness (QED) is 0.853. The summed E-state index contributed by atoms with van der Waals surface area (Å²) in [5.74, 6) is 1.48. The van der Waals surface area contributed by atoms with Crippen LogP contribution in [-0.2, 0) is 11.2 Å². The number of piperidine rings is 1. The van der Waals surface area contributed by atoms with Crippen LogP contribution in [0, 0.1) is 5.92 Å². The zero-order chi connectivity index (χ0) is 15.2. The summed E-state index contributed by atoms with van der Waals surface area (Å²) in [5.41, 5.74) is 1.13. The zero-order valence-corrected chi connectivity index (χ0v) is 14.2. The summed E-state index contributed by atoms with van der Waals surface area (Å²) in [6, 6.07) is 6.19. The van der Waals surface area contributed by atoms with Gasteiger partial charge in [-0.2, -0.15) is 0 Å². The van der Waals surface area contributed by atoms with E-state index in [-0.39, 0.29) is 11.9 Å². The van der Waals surface area contributed by atoms with Gasteiger partial charge in [-0.05, 0) is 58.9 Å². The first-order valence-electron chi connectivity index (χ1n) is 7.42. The summed E-state index contributed by atoms with van der Waals surface area (Å²) in [5, 5.41) is 6.47. The van der Waals surface area contributed by atoms with E-state index in [1.54, 1.807) is 7.11 Å². The lowest BCUT2D eigenvalue weighted by Crippen LogP contribution is -2.50. The smallest absolute Gasteiger partial charge is 0.220 e. The number of aryl methyl sites for hydroxylation is 1. The van der Waals surface area contributed by atoms with Crippen molar-refractivity contribution in [3.8, 4) is 5.75 Å². The topological polar surface area (TPSA) is 50.4 Å². The summed E-state index contributed by atoms with van der Waals surface area (Å²) in [6.45, 7) is 4.13. The third-order valence-electron chi connectivity index (χ3n) is 4.03. The molecule has 1 amide bonds. The van der Waals surface area contributed by atoms with Gasteiger partial charge in [-0.15, -0.1) is 0 Å². The van der Waals surface area contributed by atoms with Gasteiger partial charge >= 0.3 is 0 Å². The molecule has 0 saturated carbocycles. The molecule has 4 nitrogen and oxygen atoms in total. The maximum atomic E-state index is 12.1. The van der Waals surface area contributed by atoms with Crippen molar-refractivity contribution in [3.05, 3.63) is 28.2 Å². The highest BCUT2D eigenvalue weighted by atomic mass is 79.9. The Morgan fingerprint density at radius 2 is 2.33 bits per heavy atom. The molecule has 5 heteroatoms. The molecule has 2 rings (SSSR count). The molecule has 0 bridgehead atoms. The molecule has 1 fully saturated rings. The van der Waals surface area contributed by atoms with Crippen molar-refractivity contribution in [2.45, 2.75) is 32.2 Å². The second-order valence-corrected chi connectivity index (χ2v) is 6.47. The minimum atomic E-state index is 0.127. The summed E-state index contributed by atoms with van der Waals surface area (Å²) >= 11 is 3.47. The van der Waals surface area contributed by atoms with Crippen LogP contribution in [0.2, 0.25) is 0 Å². The Kier molecular flexibility index (Phi) is 6.06. The van der Waals surface area contributed by atoms with Crippen molar-refractivity contribution in [2.75, 3.05) is 20.2 Å². The van der Waals surface area contributed by atoms with Crippen molar-refractivity contribution in [1.29, 1.82) is 0 Å². The Hall–Kier alpha value is -1.07. The number of methoxy groups -OCH3 is 1. The Balaban J connectivity index is 1.82. The van der Waals surface area contributed by atoms with E-state index in [1.807, 2.05) is 18.2 Å². The second kappa shape index (κ2) is 7.80. The molecule has 2 atom stereocenters. The highest BCUT2D eigenvalue weighted by molar-refractivity contribution is 9.10. The minimum absolute atomic E-state index is 0.127. The fourth-order valence-corrected chi connectivity index (χ4v) is 3.17. The van der Waals surface area contributed by atoms with E-state index in [2.05, 4.69) is 33.5 Å². The normalized spacial score (nSPS) is 21.9. The van der Waals surface area contributed by atoms with Crippen molar-refractivity contribution < 1.29 is 9.53 Å². The van der Waals surface area contributed by atoms with E-state index < -0.39 is 0 Å². The molecule has 1 saturated heterocycles. The zero-order valence-electron chi connectivity index (χ0n) is 12.6. The first-order valence-corrected chi connectivity index (χ1v) is 8.22. The Bertz CT molecular complexity index is 493. The van der Waals surface area contributed by atoms with Crippen LogP contribution in [0.25, 0.3) is 0 Å². The molecule has 0 radical (unpaired) electrons. The van der Waals surface area contributed by atoms with Crippen molar-refractivity contribution in [2.24, 2.45) is 5.92 Å². The number of carbonyl (C=O) groups is 1. The Morgan fingerprint density at radius 1 is 1.52 bits per heavy atom. The largest absolute Gasteiger partial charge is 0.496 e. The highest BCUT2D eigenvalue weighted by Gasteiger charge is 2.22. The van der Waals surface area contributed by atoms with Gasteiger partial charge in [-0.1, -0.05) is 13.0 Å². The minimum Gasteiger partial charge on any atom is -0.496 e. The number of nitrogens with one attached hydrogen (secondary N) is 2. The fraction of sp³-hybridized carbons (Fsp3) is 0.562. The summed E-state index contributed by atoms with van der Waals surface area (Å²) in [7, 11) is 1.65. The molecule has 1 aromatic carbocycles. The van der Waals surface area contributed by atoms with Crippen LogP contribution in [-0.4, -0.2) is 32.1 Å². The molecule has 116 valence electrons. The molecular weight excluding hydrogens is 332 g/mol. The highest BCUT2D eigenvalue weighted by Crippen LogP contribution is 2.26. The van der Waals surface area contributed by atoms with Gasteiger partial charge in [0.05, 0.1) is 11.6 Å². The lowest BCUT2D eigenvalue weighted by molar-refractivity contribution is -0.122. The maximum Gasteiger partial charge on any atom is 0.220 e. The third-order valence-corrected chi connectivity index (χ3v) is 4.65. The Morgan fingerprint density at radius 3 is 3.00 bits per heavy atom. The first-order chi connectivity index (χ1) is 10.1. The molecule has 1 heterocycles. The monoisotopic (exact) mass is 354 g/mol. The third kappa shape index (κ3) is 4.71. The number of amides is 1. The number of carbonyl (C=O) groups excluding carboxylic acids is 1. The number of benzene rings is 1. The number of rotatable bonds is 5. The Labute approximate surface area is 134 Å². The van der Waals surface area contributed by atoms with Crippen LogP contribution >= 0.6 is 15.9 Å². The summed E-state index contributed by atoms with van der Waals surface area (Å²) in [4.78, 5) is 12.1.